The number of carboxylic acid groups (broad SMARTS) is 1. The molecule has 78 valence electrons. The van der Waals surface area contributed by atoms with E-state index >= 15 is 0 Å². The lowest BCUT2D eigenvalue weighted by atomic mass is 10.1. The van der Waals surface area contributed by atoms with Crippen molar-refractivity contribution in [3.63, 3.8) is 0 Å². The molecular weight excluding hydrogens is 192 g/mol. The maximum atomic E-state index is 11.0. The Kier molecular flexibility index (Phi) is 2.43. The lowest BCUT2D eigenvalue weighted by Gasteiger charge is -2.16. The molecule has 4 heteroatoms. The fourth-order valence-electron chi connectivity index (χ4n) is 1.70. The van der Waals surface area contributed by atoms with Crippen LogP contribution in [0.5, 0.6) is 0 Å². The van der Waals surface area contributed by atoms with Gasteiger partial charge in [-0.2, -0.15) is 0 Å². The number of hydrogen-bond donors (Lipinski definition) is 2. The molecule has 1 aliphatic rings. The number of hydrazine groups is 1. The lowest BCUT2D eigenvalue weighted by Crippen LogP contribution is -2.26. The number of aliphatic carboxylic acids is 1. The molecule has 0 saturated heterocycles. The third-order valence-electron chi connectivity index (χ3n) is 2.42. The van der Waals surface area contributed by atoms with Crippen molar-refractivity contribution >= 4 is 11.7 Å². The van der Waals surface area contributed by atoms with Gasteiger partial charge in [0, 0.05) is 13.6 Å². The Morgan fingerprint density at radius 1 is 1.40 bits per heavy atom. The highest BCUT2D eigenvalue weighted by molar-refractivity contribution is 5.97. The van der Waals surface area contributed by atoms with E-state index in [1.165, 1.54) is 0 Å². The second-order valence-electron chi connectivity index (χ2n) is 3.39. The van der Waals surface area contributed by atoms with Gasteiger partial charge >= 0.3 is 5.97 Å². The van der Waals surface area contributed by atoms with Crippen LogP contribution in [0.1, 0.15) is 5.56 Å². The Bertz CT molecular complexity index is 412. The number of carbonyl (C=O) groups is 1. The second kappa shape index (κ2) is 3.74. The quantitative estimate of drug-likeness (QED) is 0.752. The molecule has 4 nitrogen and oxygen atoms in total. The van der Waals surface area contributed by atoms with Gasteiger partial charge < -0.3 is 10.1 Å². The fraction of sp³-hybridized carbons (Fsp3) is 0.182. The lowest BCUT2D eigenvalue weighted by molar-refractivity contribution is -0.132. The van der Waals surface area contributed by atoms with Crippen LogP contribution >= 0.6 is 0 Å². The molecule has 0 unspecified atom stereocenters. The van der Waals surface area contributed by atoms with Gasteiger partial charge in [-0.3, -0.25) is 0 Å². The third-order valence-corrected chi connectivity index (χ3v) is 2.42. The molecule has 0 aliphatic carbocycles. The van der Waals surface area contributed by atoms with E-state index in [1.54, 1.807) is 5.01 Å². The molecule has 0 saturated carbocycles. The summed E-state index contributed by atoms with van der Waals surface area (Å²) in [5.74, 6) is -0.870. The van der Waals surface area contributed by atoms with Crippen molar-refractivity contribution in [3.8, 4) is 0 Å². The Morgan fingerprint density at radius 2 is 2.07 bits per heavy atom. The van der Waals surface area contributed by atoms with E-state index in [1.807, 2.05) is 37.4 Å². The van der Waals surface area contributed by atoms with Crippen molar-refractivity contribution < 1.29 is 9.90 Å². The van der Waals surface area contributed by atoms with Gasteiger partial charge in [-0.1, -0.05) is 30.3 Å². The smallest absolute Gasteiger partial charge is 0.335 e. The van der Waals surface area contributed by atoms with Gasteiger partial charge in [0.2, 0.25) is 0 Å². The Labute approximate surface area is 87.8 Å². The zero-order chi connectivity index (χ0) is 10.8. The summed E-state index contributed by atoms with van der Waals surface area (Å²) in [6, 6.07) is 9.51. The number of rotatable bonds is 2. The minimum atomic E-state index is -0.870. The van der Waals surface area contributed by atoms with Crippen LogP contribution in [0.15, 0.2) is 35.9 Å². The molecule has 0 atom stereocenters. The second-order valence-corrected chi connectivity index (χ2v) is 3.39. The maximum absolute atomic E-state index is 11.0. The minimum Gasteiger partial charge on any atom is -0.478 e. The first kappa shape index (κ1) is 9.73. The van der Waals surface area contributed by atoms with Crippen LogP contribution in [0, 0.1) is 0 Å². The molecule has 0 amide bonds. The van der Waals surface area contributed by atoms with Crippen molar-refractivity contribution in [3.05, 3.63) is 41.5 Å². The molecule has 2 N–H and O–H groups in total. The number of benzene rings is 1. The van der Waals surface area contributed by atoms with Crippen LogP contribution < -0.4 is 5.43 Å². The van der Waals surface area contributed by atoms with Gasteiger partial charge in [0.1, 0.15) is 0 Å². The van der Waals surface area contributed by atoms with E-state index < -0.39 is 5.97 Å². The number of hydrogen-bond acceptors (Lipinski definition) is 3. The molecule has 1 aliphatic heterocycles. The largest absolute Gasteiger partial charge is 0.478 e. The molecule has 0 aromatic heterocycles. The highest BCUT2D eigenvalue weighted by Gasteiger charge is 2.24. The zero-order valence-electron chi connectivity index (χ0n) is 8.40. The van der Waals surface area contributed by atoms with E-state index in [0.29, 0.717) is 12.1 Å². The molecule has 1 heterocycles. The minimum absolute atomic E-state index is 0.371. The molecule has 0 radical (unpaired) electrons. The first-order valence-electron chi connectivity index (χ1n) is 4.69. The van der Waals surface area contributed by atoms with Gasteiger partial charge in [0.05, 0.1) is 11.3 Å². The fourth-order valence-corrected chi connectivity index (χ4v) is 1.70. The van der Waals surface area contributed by atoms with E-state index in [4.69, 9.17) is 5.11 Å². The molecule has 1 aromatic carbocycles. The van der Waals surface area contributed by atoms with E-state index in [0.717, 1.165) is 11.3 Å². The van der Waals surface area contributed by atoms with E-state index in [9.17, 15) is 4.79 Å². The SMILES string of the molecule is CN1NCC(C(=O)O)=C1c1ccccc1. The normalized spacial score (nSPS) is 15.9. The molecule has 0 fully saturated rings. The Hall–Kier alpha value is -1.81. The van der Waals surface area contributed by atoms with Crippen LogP contribution in [0.25, 0.3) is 5.70 Å². The maximum Gasteiger partial charge on any atom is 0.335 e. The summed E-state index contributed by atoms with van der Waals surface area (Å²) in [5.41, 5.74) is 5.04. The van der Waals surface area contributed by atoms with Crippen molar-refractivity contribution in [1.82, 2.24) is 10.4 Å². The Balaban J connectivity index is 2.49. The van der Waals surface area contributed by atoms with E-state index in [2.05, 4.69) is 5.43 Å². The highest BCUT2D eigenvalue weighted by atomic mass is 16.4. The van der Waals surface area contributed by atoms with Crippen LogP contribution in [0.4, 0.5) is 0 Å². The first-order valence-corrected chi connectivity index (χ1v) is 4.69. The van der Waals surface area contributed by atoms with Gasteiger partial charge in [0.25, 0.3) is 0 Å². The predicted molar refractivity (Wildman–Crippen MR) is 56.8 cm³/mol. The van der Waals surface area contributed by atoms with Crippen molar-refractivity contribution in [1.29, 1.82) is 0 Å². The third kappa shape index (κ3) is 1.71. The number of nitrogens with one attached hydrogen (secondary N) is 1. The first-order chi connectivity index (χ1) is 7.20. The summed E-state index contributed by atoms with van der Waals surface area (Å²) in [5, 5.41) is 10.8. The van der Waals surface area contributed by atoms with Crippen LogP contribution in [-0.4, -0.2) is 29.7 Å². The Morgan fingerprint density at radius 3 is 2.67 bits per heavy atom. The van der Waals surface area contributed by atoms with Gasteiger partial charge in [-0.25, -0.2) is 10.2 Å². The van der Waals surface area contributed by atoms with Crippen LogP contribution in [0.2, 0.25) is 0 Å². The average molecular weight is 204 g/mol. The molecule has 2 rings (SSSR count). The highest BCUT2D eigenvalue weighted by Crippen LogP contribution is 2.24. The monoisotopic (exact) mass is 204 g/mol. The number of nitrogens with zero attached hydrogens (tertiary/aromatic N) is 1. The zero-order valence-corrected chi connectivity index (χ0v) is 8.40. The molecular formula is C11H12N2O2. The summed E-state index contributed by atoms with van der Waals surface area (Å²) < 4.78 is 0. The summed E-state index contributed by atoms with van der Waals surface area (Å²) >= 11 is 0. The van der Waals surface area contributed by atoms with Crippen molar-refractivity contribution in [2.24, 2.45) is 0 Å². The topological polar surface area (TPSA) is 52.6 Å². The van der Waals surface area contributed by atoms with Gasteiger partial charge in [0.15, 0.2) is 0 Å². The molecule has 1 aromatic rings. The van der Waals surface area contributed by atoms with Gasteiger partial charge in [-0.15, -0.1) is 0 Å². The average Bonchev–Trinajstić information content (AvgIpc) is 2.61. The van der Waals surface area contributed by atoms with Gasteiger partial charge in [-0.05, 0) is 5.56 Å². The van der Waals surface area contributed by atoms with Crippen LogP contribution in [-0.2, 0) is 4.79 Å². The molecule has 0 spiro atoms. The summed E-state index contributed by atoms with van der Waals surface area (Å²) in [6.45, 7) is 0.371. The van der Waals surface area contributed by atoms with Crippen molar-refractivity contribution in [2.45, 2.75) is 0 Å². The molecule has 0 bridgehead atoms. The standard InChI is InChI=1S/C11H12N2O2/c1-13-10(8-5-3-2-4-6-8)9(7-12-13)11(14)15/h2-6,12H,7H2,1H3,(H,14,15). The van der Waals surface area contributed by atoms with E-state index in [-0.39, 0.29) is 0 Å². The van der Waals surface area contributed by atoms with Crippen LogP contribution in [0.3, 0.4) is 0 Å². The van der Waals surface area contributed by atoms with Crippen molar-refractivity contribution in [2.75, 3.05) is 13.6 Å². The number of carboxylic acids is 1. The predicted octanol–water partition coefficient (Wildman–Crippen LogP) is 0.932. The molecule has 15 heavy (non-hydrogen) atoms. The summed E-state index contributed by atoms with van der Waals surface area (Å²) in [6.07, 6.45) is 0. The summed E-state index contributed by atoms with van der Waals surface area (Å²) in [4.78, 5) is 11.0. The summed E-state index contributed by atoms with van der Waals surface area (Å²) in [7, 11) is 1.82.